The lowest BCUT2D eigenvalue weighted by atomic mass is 9.82. The molecule has 1 aromatic carbocycles. The average Bonchev–Trinajstić information content (AvgIpc) is 3.73. The maximum Gasteiger partial charge on any atom is 0.296 e. The van der Waals surface area contributed by atoms with Gasteiger partial charge in [0.25, 0.3) is 11.9 Å². The van der Waals surface area contributed by atoms with E-state index in [0.29, 0.717) is 27.6 Å². The van der Waals surface area contributed by atoms with Gasteiger partial charge in [-0.15, -0.1) is 0 Å². The largest absolute Gasteiger partial charge is 0.472 e. The van der Waals surface area contributed by atoms with Crippen molar-refractivity contribution >= 4 is 69.7 Å². The molecular weight excluding hydrogens is 761 g/mol. The van der Waals surface area contributed by atoms with Gasteiger partial charge in [0.05, 0.1) is 17.6 Å². The molecule has 4 N–H and O–H groups in total. The second-order valence-electron chi connectivity index (χ2n) is 16.2. The monoisotopic (exact) mass is 811 g/mol. The van der Waals surface area contributed by atoms with E-state index in [4.69, 9.17) is 32.4 Å². The molecule has 3 fully saturated rings. The van der Waals surface area contributed by atoms with Crippen molar-refractivity contribution in [1.29, 1.82) is 0 Å². The molecule has 2 aromatic heterocycles. The summed E-state index contributed by atoms with van der Waals surface area (Å²) in [5.74, 6) is -2.77. The number of hydrogen-bond acceptors (Lipinski definition) is 10. The Kier molecular flexibility index (Phi) is 13.1. The van der Waals surface area contributed by atoms with Crippen LogP contribution in [0.25, 0.3) is 11.1 Å². The zero-order valence-electron chi connectivity index (χ0n) is 32.2. The predicted molar refractivity (Wildman–Crippen MR) is 211 cm³/mol. The summed E-state index contributed by atoms with van der Waals surface area (Å²) in [6.07, 6.45) is 7.80. The van der Waals surface area contributed by atoms with Crippen LogP contribution in [-0.4, -0.2) is 87.1 Å². The predicted octanol–water partition coefficient (Wildman–Crippen LogP) is 5.60. The Hall–Kier alpha value is -4.43. The smallest absolute Gasteiger partial charge is 0.296 e. The highest BCUT2D eigenvalue weighted by molar-refractivity contribution is 6.38. The number of carbonyl (C=O) groups is 5. The number of likely N-dealkylation sites (tertiary alicyclic amines) is 1. The second-order valence-corrected chi connectivity index (χ2v) is 17.1. The summed E-state index contributed by atoms with van der Waals surface area (Å²) in [6, 6.07) is 4.44. The zero-order chi connectivity index (χ0) is 40.1. The number of rotatable bonds is 15. The molecule has 4 amide bonds. The molecule has 0 unspecified atom stereocenters. The van der Waals surface area contributed by atoms with Crippen molar-refractivity contribution in [2.24, 2.45) is 11.3 Å². The van der Waals surface area contributed by atoms with Crippen LogP contribution in [0.5, 0.6) is 5.88 Å². The van der Waals surface area contributed by atoms with Gasteiger partial charge in [0.1, 0.15) is 29.7 Å². The molecule has 56 heavy (non-hydrogen) atoms. The zero-order valence-corrected chi connectivity index (χ0v) is 33.8. The van der Waals surface area contributed by atoms with E-state index in [9.17, 15) is 24.0 Å². The summed E-state index contributed by atoms with van der Waals surface area (Å²) in [5.41, 5.74) is 0.246. The van der Waals surface area contributed by atoms with E-state index in [2.05, 4.69) is 31.2 Å². The van der Waals surface area contributed by atoms with Gasteiger partial charge >= 0.3 is 0 Å². The van der Waals surface area contributed by atoms with Crippen LogP contribution in [0.3, 0.4) is 0 Å². The van der Waals surface area contributed by atoms with E-state index in [1.807, 2.05) is 27.7 Å². The van der Waals surface area contributed by atoms with Crippen molar-refractivity contribution in [2.75, 3.05) is 11.9 Å². The van der Waals surface area contributed by atoms with Crippen molar-refractivity contribution in [2.45, 2.75) is 128 Å². The minimum absolute atomic E-state index is 0.00595. The lowest BCUT2D eigenvalue weighted by Gasteiger charge is -2.37. The third-order valence-electron chi connectivity index (χ3n) is 10.6. The Balaban J connectivity index is 1.25. The molecular formula is C40H51Cl2N7O7. The molecule has 6 rings (SSSR count). The van der Waals surface area contributed by atoms with Crippen LogP contribution in [0, 0.1) is 11.3 Å². The Bertz CT molecular complexity index is 1910. The Morgan fingerprint density at radius 2 is 1.71 bits per heavy atom. The maximum absolute atomic E-state index is 14.8. The van der Waals surface area contributed by atoms with Crippen molar-refractivity contribution in [1.82, 2.24) is 30.8 Å². The van der Waals surface area contributed by atoms with Gasteiger partial charge in [0.2, 0.25) is 29.4 Å². The fourth-order valence-electron chi connectivity index (χ4n) is 7.45. The summed E-state index contributed by atoms with van der Waals surface area (Å²) in [6.45, 7) is 7.37. The number of nitrogens with zero attached hydrogens (tertiary/aromatic N) is 3. The lowest BCUT2D eigenvalue weighted by Crippen LogP contribution is -2.61. The topological polar surface area (TPSA) is 185 Å². The van der Waals surface area contributed by atoms with Crippen LogP contribution < -0.4 is 26.0 Å². The number of pyridine rings is 1. The normalized spacial score (nSPS) is 20.5. The summed E-state index contributed by atoms with van der Waals surface area (Å²) in [5, 5.41) is 12.7. The van der Waals surface area contributed by atoms with Gasteiger partial charge in [-0.25, -0.2) is 4.98 Å². The molecule has 2 saturated carbocycles. The van der Waals surface area contributed by atoms with E-state index in [-0.39, 0.29) is 43.2 Å². The highest BCUT2D eigenvalue weighted by atomic mass is 35.5. The molecule has 3 aromatic rings. The number of ether oxygens (including phenoxy) is 1. The minimum Gasteiger partial charge on any atom is -0.472 e. The van der Waals surface area contributed by atoms with Crippen LogP contribution in [-0.2, 0) is 24.0 Å². The molecule has 2 aliphatic carbocycles. The van der Waals surface area contributed by atoms with E-state index < -0.39 is 65.1 Å². The van der Waals surface area contributed by atoms with Crippen LogP contribution >= 0.6 is 23.2 Å². The molecule has 3 aliphatic rings. The van der Waals surface area contributed by atoms with Crippen molar-refractivity contribution in [3.05, 3.63) is 46.6 Å². The number of hydrogen-bond donors (Lipinski definition) is 4. The Morgan fingerprint density at radius 3 is 2.38 bits per heavy atom. The average molecular weight is 813 g/mol. The standard InChI is InChI=1S/C40H51Cl2N7O7/c1-5-9-27(33(50)37(53)44-25-14-15-25)45-35(51)29-19-26(55-31-17-13-24(42)20-43-31)21-49(29)38(54)34(40(2,3)4)48-36(52)32(22-10-7-6-8-11-22)47-39-46-28-18-23(41)12-16-30(28)56-39/h12-13,16-18,20,22,25-27,29,32,34H,5-11,14-15,19,21H2,1-4H3,(H,44,53)(H,45,51)(H,46,47)(H,48,52)/t26-,27+,29+,32+,34-/m1/s1. The third kappa shape index (κ3) is 10.3. The summed E-state index contributed by atoms with van der Waals surface area (Å²) in [7, 11) is 0. The highest BCUT2D eigenvalue weighted by Crippen LogP contribution is 2.32. The molecule has 1 aliphatic heterocycles. The van der Waals surface area contributed by atoms with Gasteiger partial charge in [-0.3, -0.25) is 24.0 Å². The first-order chi connectivity index (χ1) is 26.7. The fraction of sp³-hybridized carbons (Fsp3) is 0.575. The quantitative estimate of drug-likeness (QED) is 0.141. The number of carbonyl (C=O) groups excluding carboxylic acids is 5. The minimum atomic E-state index is -1.08. The van der Waals surface area contributed by atoms with Gasteiger partial charge < -0.3 is 35.3 Å². The van der Waals surface area contributed by atoms with Gasteiger partial charge in [-0.1, -0.05) is 76.6 Å². The van der Waals surface area contributed by atoms with Crippen LogP contribution in [0.15, 0.2) is 40.9 Å². The summed E-state index contributed by atoms with van der Waals surface area (Å²) < 4.78 is 12.1. The SMILES string of the molecule is CCC[C@H](NC(=O)[C@@H]1C[C@@H](Oc2ccc(Cl)cn2)CN1C(=O)[C@@H](NC(=O)[C@@H](Nc1nc2cc(Cl)ccc2o1)C1CCCCC1)C(C)(C)C)C(=O)C(=O)NC1CC1. The van der Waals surface area contributed by atoms with E-state index >= 15 is 0 Å². The van der Waals surface area contributed by atoms with Gasteiger partial charge in [0.15, 0.2) is 5.58 Å². The molecule has 3 heterocycles. The fourth-order valence-corrected chi connectivity index (χ4v) is 7.73. The van der Waals surface area contributed by atoms with Crippen molar-refractivity contribution in [3.63, 3.8) is 0 Å². The number of amides is 4. The van der Waals surface area contributed by atoms with E-state index in [0.717, 1.165) is 44.9 Å². The highest BCUT2D eigenvalue weighted by Gasteiger charge is 2.47. The number of oxazole rings is 1. The van der Waals surface area contributed by atoms with E-state index in [1.54, 1.807) is 30.3 Å². The molecule has 0 spiro atoms. The number of ketones is 1. The molecule has 302 valence electrons. The first-order valence-corrected chi connectivity index (χ1v) is 20.3. The third-order valence-corrected chi connectivity index (χ3v) is 11.1. The lowest BCUT2D eigenvalue weighted by molar-refractivity contribution is -0.145. The molecule has 1 saturated heterocycles. The molecule has 16 heteroatoms. The van der Waals surface area contributed by atoms with Crippen LogP contribution in [0.1, 0.15) is 91.9 Å². The first kappa shape index (κ1) is 41.2. The Labute approximate surface area is 336 Å². The Morgan fingerprint density at radius 1 is 0.982 bits per heavy atom. The molecule has 14 nitrogen and oxygen atoms in total. The summed E-state index contributed by atoms with van der Waals surface area (Å²) >= 11 is 12.2. The number of fused-ring (bicyclic) bond motifs is 1. The molecule has 5 atom stereocenters. The second kappa shape index (κ2) is 17.8. The molecule has 0 bridgehead atoms. The van der Waals surface area contributed by atoms with Crippen molar-refractivity contribution in [3.8, 4) is 5.88 Å². The number of halogens is 2. The van der Waals surface area contributed by atoms with Crippen molar-refractivity contribution < 1.29 is 33.1 Å². The van der Waals surface area contributed by atoms with Gasteiger partial charge in [-0.05, 0) is 67.7 Å². The maximum atomic E-state index is 14.8. The molecule has 0 radical (unpaired) electrons. The number of aromatic nitrogens is 2. The number of anilines is 1. The number of benzene rings is 1. The first-order valence-electron chi connectivity index (χ1n) is 19.6. The number of Topliss-reactive ketones (excluding diaryl/α,β-unsaturated/α-hetero) is 1. The van der Waals surface area contributed by atoms with Gasteiger partial charge in [-0.2, -0.15) is 4.98 Å². The van der Waals surface area contributed by atoms with Crippen LogP contribution in [0.2, 0.25) is 10.0 Å². The van der Waals surface area contributed by atoms with Gasteiger partial charge in [0, 0.05) is 29.7 Å². The van der Waals surface area contributed by atoms with Crippen LogP contribution in [0.4, 0.5) is 6.01 Å². The van der Waals surface area contributed by atoms with E-state index in [1.165, 1.54) is 11.1 Å². The number of nitrogens with one attached hydrogen (secondary N) is 4. The summed E-state index contributed by atoms with van der Waals surface area (Å²) in [4.78, 5) is 79.5.